The van der Waals surface area contributed by atoms with Crippen molar-refractivity contribution in [3.63, 3.8) is 0 Å². The number of nitrogens with two attached hydrogens (primary N) is 1. The highest BCUT2D eigenvalue weighted by Gasteiger charge is 2.30. The van der Waals surface area contributed by atoms with Crippen molar-refractivity contribution in [3.05, 3.63) is 46.0 Å². The Kier molecular flexibility index (Phi) is 2.98. The highest BCUT2D eigenvalue weighted by atomic mass is 32.1. The zero-order valence-corrected chi connectivity index (χ0v) is 11.2. The number of hydrogen-bond acceptors (Lipinski definition) is 4. The van der Waals surface area contributed by atoms with Gasteiger partial charge in [0.05, 0.1) is 13.0 Å². The lowest BCUT2D eigenvalue weighted by Crippen LogP contribution is -2.26. The summed E-state index contributed by atoms with van der Waals surface area (Å²) >= 11 is 4.98. The maximum Gasteiger partial charge on any atom is 0.233 e. The molecule has 7 heteroatoms. The molecule has 20 heavy (non-hydrogen) atoms. The van der Waals surface area contributed by atoms with Crippen LogP contribution in [0, 0.1) is 10.6 Å². The van der Waals surface area contributed by atoms with Gasteiger partial charge in [0.2, 0.25) is 5.91 Å². The smallest absolute Gasteiger partial charge is 0.233 e. The van der Waals surface area contributed by atoms with Crippen LogP contribution in [0.2, 0.25) is 0 Å². The molecule has 1 aliphatic heterocycles. The third-order valence-corrected chi connectivity index (χ3v) is 3.38. The summed E-state index contributed by atoms with van der Waals surface area (Å²) in [6.45, 7) is 0.317. The highest BCUT2D eigenvalue weighted by molar-refractivity contribution is 7.71. The lowest BCUT2D eigenvalue weighted by Gasteiger charge is -2.16. The molecular weight excluding hydrogens is 279 g/mol. The number of nitrogens with one attached hydrogen (secondary N) is 1. The molecule has 3 N–H and O–H groups in total. The molecule has 2 aromatic rings. The fraction of sp³-hybridized carbons (Fsp3) is 0.154. The van der Waals surface area contributed by atoms with Gasteiger partial charge in [0.25, 0.3) is 0 Å². The van der Waals surface area contributed by atoms with E-state index in [-0.39, 0.29) is 22.9 Å². The van der Waals surface area contributed by atoms with Crippen LogP contribution >= 0.6 is 12.2 Å². The number of benzene rings is 1. The number of aromatic amines is 1. The molecule has 0 atom stereocenters. The molecule has 1 aromatic heterocycles. The second kappa shape index (κ2) is 4.68. The van der Waals surface area contributed by atoms with Gasteiger partial charge in [0.15, 0.2) is 4.77 Å². The number of aromatic nitrogens is 2. The topological polar surface area (TPSA) is 75.0 Å². The summed E-state index contributed by atoms with van der Waals surface area (Å²) in [6.07, 6.45) is 0.196. The van der Waals surface area contributed by atoms with Crippen molar-refractivity contribution in [1.29, 1.82) is 0 Å². The summed E-state index contributed by atoms with van der Waals surface area (Å²) in [7, 11) is 0. The molecule has 1 aromatic carbocycles. The summed E-state index contributed by atoms with van der Waals surface area (Å²) in [5.74, 6) is 0.444. The molecular formula is C13H11FN4OS. The summed E-state index contributed by atoms with van der Waals surface area (Å²) < 4.78 is 13.1. The van der Waals surface area contributed by atoms with Crippen molar-refractivity contribution in [2.75, 3.05) is 10.6 Å². The van der Waals surface area contributed by atoms with E-state index in [0.29, 0.717) is 23.7 Å². The lowest BCUT2D eigenvalue weighted by molar-refractivity contribution is -0.117. The van der Waals surface area contributed by atoms with Gasteiger partial charge < -0.3 is 10.7 Å². The first-order valence-corrected chi connectivity index (χ1v) is 6.39. The Morgan fingerprint density at radius 1 is 1.40 bits per heavy atom. The molecule has 102 valence electrons. The maximum atomic E-state index is 12.9. The fourth-order valence-corrected chi connectivity index (χ4v) is 2.40. The van der Waals surface area contributed by atoms with E-state index in [9.17, 15) is 9.18 Å². The van der Waals surface area contributed by atoms with Gasteiger partial charge >= 0.3 is 0 Å². The first kappa shape index (κ1) is 12.7. The van der Waals surface area contributed by atoms with Gasteiger partial charge in [-0.15, -0.1) is 0 Å². The van der Waals surface area contributed by atoms with E-state index in [0.717, 1.165) is 5.56 Å². The molecule has 5 nitrogen and oxygen atoms in total. The molecule has 3 rings (SSSR count). The number of carbonyl (C=O) groups excluding carboxylic acids is 1. The van der Waals surface area contributed by atoms with Gasteiger partial charge in [-0.05, 0) is 29.9 Å². The maximum absolute atomic E-state index is 12.9. The molecule has 0 unspecified atom stereocenters. The normalized spacial score (nSPS) is 13.7. The second-order valence-corrected chi connectivity index (χ2v) is 4.93. The summed E-state index contributed by atoms with van der Waals surface area (Å²) in [4.78, 5) is 20.5. The number of amides is 1. The van der Waals surface area contributed by atoms with E-state index in [4.69, 9.17) is 18.0 Å². The van der Waals surface area contributed by atoms with Gasteiger partial charge in [-0.2, -0.15) is 0 Å². The monoisotopic (exact) mass is 290 g/mol. The minimum atomic E-state index is -0.313. The van der Waals surface area contributed by atoms with E-state index < -0.39 is 0 Å². The van der Waals surface area contributed by atoms with E-state index in [1.54, 1.807) is 12.1 Å². The Bertz CT molecular complexity index is 741. The van der Waals surface area contributed by atoms with E-state index in [1.807, 2.05) is 0 Å². The van der Waals surface area contributed by atoms with Gasteiger partial charge in [0, 0.05) is 5.56 Å². The van der Waals surface area contributed by atoms with Crippen molar-refractivity contribution >= 4 is 29.8 Å². The van der Waals surface area contributed by atoms with Crippen LogP contribution in [0.3, 0.4) is 0 Å². The van der Waals surface area contributed by atoms with Crippen LogP contribution in [0.25, 0.3) is 0 Å². The number of carbonyl (C=O) groups is 1. The number of halogens is 1. The molecule has 2 heterocycles. The quantitative estimate of drug-likeness (QED) is 0.829. The van der Waals surface area contributed by atoms with Crippen molar-refractivity contribution in [1.82, 2.24) is 9.97 Å². The lowest BCUT2D eigenvalue weighted by atomic mass is 10.2. The van der Waals surface area contributed by atoms with Crippen LogP contribution in [0.15, 0.2) is 24.3 Å². The highest BCUT2D eigenvalue weighted by Crippen LogP contribution is 2.30. The van der Waals surface area contributed by atoms with Gasteiger partial charge in [-0.3, -0.25) is 9.69 Å². The molecule has 1 amide bonds. The van der Waals surface area contributed by atoms with Crippen LogP contribution < -0.4 is 10.6 Å². The van der Waals surface area contributed by atoms with Crippen molar-refractivity contribution in [3.8, 4) is 0 Å². The van der Waals surface area contributed by atoms with Gasteiger partial charge in [-0.1, -0.05) is 12.1 Å². The van der Waals surface area contributed by atoms with Crippen LogP contribution in [0.1, 0.15) is 11.1 Å². The van der Waals surface area contributed by atoms with Crippen molar-refractivity contribution < 1.29 is 9.18 Å². The number of anilines is 2. The van der Waals surface area contributed by atoms with Gasteiger partial charge in [-0.25, -0.2) is 9.37 Å². The third kappa shape index (κ3) is 2.16. The van der Waals surface area contributed by atoms with Crippen LogP contribution in [-0.2, 0) is 17.8 Å². The first-order valence-electron chi connectivity index (χ1n) is 5.98. The zero-order chi connectivity index (χ0) is 14.3. The summed E-state index contributed by atoms with van der Waals surface area (Å²) in [6, 6.07) is 5.98. The van der Waals surface area contributed by atoms with Crippen LogP contribution in [0.5, 0.6) is 0 Å². The van der Waals surface area contributed by atoms with Crippen LogP contribution in [0.4, 0.5) is 16.0 Å². The number of hydrogen-bond donors (Lipinski definition) is 2. The molecule has 0 bridgehead atoms. The summed E-state index contributed by atoms with van der Waals surface area (Å²) in [5, 5.41) is 0. The predicted octanol–water partition coefficient (Wildman–Crippen LogP) is 1.95. The Hall–Kier alpha value is -2.28. The fourth-order valence-electron chi connectivity index (χ4n) is 2.20. The molecule has 1 aliphatic rings. The van der Waals surface area contributed by atoms with Crippen molar-refractivity contribution in [2.45, 2.75) is 13.0 Å². The molecule has 0 spiro atoms. The molecule has 0 saturated heterocycles. The van der Waals surface area contributed by atoms with E-state index >= 15 is 0 Å². The van der Waals surface area contributed by atoms with E-state index in [2.05, 4.69) is 9.97 Å². The standard InChI is InChI=1S/C13H11FN4OS/c14-8-3-1-7(2-4-8)6-18-10(19)5-9-11(15)16-13(20)17-12(9)18/h1-4H,5-6H2,(H3,15,16,17,20). The Morgan fingerprint density at radius 2 is 2.10 bits per heavy atom. The number of H-pyrrole nitrogens is 1. The Labute approximate surface area is 119 Å². The third-order valence-electron chi connectivity index (χ3n) is 3.18. The SMILES string of the molecule is Nc1[nH]c(=S)nc2c1CC(=O)N2Cc1ccc(F)cc1. The van der Waals surface area contributed by atoms with Gasteiger partial charge in [0.1, 0.15) is 17.5 Å². The first-order chi connectivity index (χ1) is 9.54. The largest absolute Gasteiger partial charge is 0.385 e. The van der Waals surface area contributed by atoms with Crippen molar-refractivity contribution in [2.24, 2.45) is 0 Å². The molecule has 0 saturated carbocycles. The Balaban J connectivity index is 1.98. The minimum absolute atomic E-state index is 0.0995. The minimum Gasteiger partial charge on any atom is -0.385 e. The number of rotatable bonds is 2. The molecule has 0 fully saturated rings. The average molecular weight is 290 g/mol. The Morgan fingerprint density at radius 3 is 2.80 bits per heavy atom. The number of nitrogen functional groups attached to an aromatic ring is 1. The average Bonchev–Trinajstić information content (AvgIpc) is 2.70. The number of nitrogens with zero attached hydrogens (tertiary/aromatic N) is 2. The second-order valence-electron chi connectivity index (χ2n) is 4.54. The molecule has 0 aliphatic carbocycles. The molecule has 0 radical (unpaired) electrons. The zero-order valence-electron chi connectivity index (χ0n) is 10.4. The van der Waals surface area contributed by atoms with Crippen LogP contribution in [-0.4, -0.2) is 15.9 Å². The van der Waals surface area contributed by atoms with E-state index in [1.165, 1.54) is 17.0 Å². The summed E-state index contributed by atoms with van der Waals surface area (Å²) in [5.41, 5.74) is 7.29. The number of fused-ring (bicyclic) bond motifs is 1. The predicted molar refractivity (Wildman–Crippen MR) is 75.1 cm³/mol.